The van der Waals surface area contributed by atoms with Crippen molar-refractivity contribution in [1.29, 1.82) is 0 Å². The van der Waals surface area contributed by atoms with Crippen LogP contribution in [-0.2, 0) is 10.1 Å². The monoisotopic (exact) mass is 415 g/mol. The van der Waals surface area contributed by atoms with Gasteiger partial charge in [-0.1, -0.05) is 23.7 Å². The van der Waals surface area contributed by atoms with Crippen molar-refractivity contribution in [1.82, 2.24) is 0 Å². The summed E-state index contributed by atoms with van der Waals surface area (Å²) in [6, 6.07) is 5.35. The van der Waals surface area contributed by atoms with Crippen LogP contribution in [0.1, 0.15) is 31.8 Å². The number of rotatable bonds is 1. The molecule has 0 radical (unpaired) electrons. The minimum absolute atomic E-state index is 0.0262. The van der Waals surface area contributed by atoms with Gasteiger partial charge in [-0.3, -0.25) is 14.1 Å². The van der Waals surface area contributed by atoms with Gasteiger partial charge in [0.1, 0.15) is 4.90 Å². The molecule has 0 bridgehead atoms. The molecule has 3 N–H and O–H groups in total. The summed E-state index contributed by atoms with van der Waals surface area (Å²) in [5.74, 6) is -1.19. The molecule has 0 atom stereocenters. The van der Waals surface area contributed by atoms with Crippen molar-refractivity contribution in [3.63, 3.8) is 0 Å². The Bertz CT molecular complexity index is 1020. The van der Waals surface area contributed by atoms with Crippen molar-refractivity contribution < 1.29 is 22.6 Å². The van der Waals surface area contributed by atoms with Crippen LogP contribution in [0.5, 0.6) is 0 Å². The first-order chi connectivity index (χ1) is 10.6. The van der Waals surface area contributed by atoms with Crippen LogP contribution in [0.4, 0.5) is 5.69 Å². The lowest BCUT2D eigenvalue weighted by atomic mass is 9.83. The number of halogens is 2. The van der Waals surface area contributed by atoms with Crippen LogP contribution in [0, 0.1) is 0 Å². The minimum Gasteiger partial charge on any atom is -0.397 e. The van der Waals surface area contributed by atoms with Gasteiger partial charge in [0.2, 0.25) is 0 Å². The first-order valence-electron chi connectivity index (χ1n) is 6.12. The van der Waals surface area contributed by atoms with E-state index in [2.05, 4.69) is 15.9 Å². The molecule has 0 spiro atoms. The standard InChI is InChI=1S/C14H7BrClNO5S/c15-6-4-8(23(20,21)22)12(17)11-10(6)14(19)9-5(13(11)18)2-1-3-7(9)16/h1-4H,17H2,(H,20,21,22). The smallest absolute Gasteiger partial charge is 0.296 e. The van der Waals surface area contributed by atoms with E-state index in [1.165, 1.54) is 18.2 Å². The molecular weight excluding hydrogens is 410 g/mol. The Hall–Kier alpha value is -1.74. The molecule has 2 aromatic carbocycles. The van der Waals surface area contributed by atoms with Crippen molar-refractivity contribution in [2.75, 3.05) is 5.73 Å². The highest BCUT2D eigenvalue weighted by atomic mass is 79.9. The molecule has 118 valence electrons. The molecule has 6 nitrogen and oxygen atoms in total. The fourth-order valence-electron chi connectivity index (χ4n) is 2.52. The quantitative estimate of drug-likeness (QED) is 0.465. The summed E-state index contributed by atoms with van der Waals surface area (Å²) in [4.78, 5) is 24.7. The summed E-state index contributed by atoms with van der Waals surface area (Å²) in [5, 5.41) is 0.107. The van der Waals surface area contributed by atoms with Gasteiger partial charge in [0.05, 0.1) is 27.4 Å². The molecule has 0 fully saturated rings. The number of carbonyl (C=O) groups excluding carboxylic acids is 2. The van der Waals surface area contributed by atoms with Crippen molar-refractivity contribution in [2.45, 2.75) is 4.90 Å². The zero-order valence-corrected chi connectivity index (χ0v) is 14.3. The Morgan fingerprint density at radius 3 is 2.35 bits per heavy atom. The van der Waals surface area contributed by atoms with Crippen LogP contribution in [0.25, 0.3) is 0 Å². The summed E-state index contributed by atoms with van der Waals surface area (Å²) in [7, 11) is -4.66. The van der Waals surface area contributed by atoms with Gasteiger partial charge in [-0.2, -0.15) is 8.42 Å². The second-order valence-electron chi connectivity index (χ2n) is 4.82. The molecule has 0 aliphatic heterocycles. The average molecular weight is 417 g/mol. The van der Waals surface area contributed by atoms with Crippen molar-refractivity contribution in [2.24, 2.45) is 0 Å². The molecule has 2 aromatic rings. The number of carbonyl (C=O) groups is 2. The first kappa shape index (κ1) is 16.1. The van der Waals surface area contributed by atoms with Gasteiger partial charge in [0.25, 0.3) is 10.1 Å². The van der Waals surface area contributed by atoms with Crippen LogP contribution in [-0.4, -0.2) is 24.5 Å². The van der Waals surface area contributed by atoms with Crippen molar-refractivity contribution >= 4 is 54.9 Å². The highest BCUT2D eigenvalue weighted by Gasteiger charge is 2.37. The second kappa shape index (κ2) is 5.13. The Kier molecular flexibility index (Phi) is 3.60. The average Bonchev–Trinajstić information content (AvgIpc) is 2.45. The van der Waals surface area contributed by atoms with Gasteiger partial charge in [-0.25, -0.2) is 0 Å². The van der Waals surface area contributed by atoms with Crippen molar-refractivity contribution in [3.05, 3.63) is 56.0 Å². The zero-order valence-electron chi connectivity index (χ0n) is 11.1. The SMILES string of the molecule is Nc1c(S(=O)(=O)O)cc(Br)c2c1C(=O)c1cccc(Cl)c1C2=O. The molecule has 3 rings (SSSR count). The van der Waals surface area contributed by atoms with E-state index in [0.29, 0.717) is 0 Å². The lowest BCUT2D eigenvalue weighted by Gasteiger charge is -2.22. The van der Waals surface area contributed by atoms with Crippen LogP contribution < -0.4 is 5.73 Å². The Labute approximate surface area is 144 Å². The number of nitrogen functional groups attached to an aromatic ring is 1. The van der Waals surface area contributed by atoms with E-state index >= 15 is 0 Å². The van der Waals surface area contributed by atoms with Gasteiger partial charge in [0, 0.05) is 10.0 Å². The molecule has 1 aliphatic carbocycles. The highest BCUT2D eigenvalue weighted by molar-refractivity contribution is 9.10. The van der Waals surface area contributed by atoms with E-state index in [-0.39, 0.29) is 31.7 Å². The van der Waals surface area contributed by atoms with Crippen LogP contribution in [0.2, 0.25) is 5.02 Å². The lowest BCUT2D eigenvalue weighted by Crippen LogP contribution is -2.24. The zero-order chi connectivity index (χ0) is 17.1. The summed E-state index contributed by atoms with van der Waals surface area (Å²) >= 11 is 9.07. The van der Waals surface area contributed by atoms with Gasteiger partial charge in [0.15, 0.2) is 11.6 Å². The summed E-state index contributed by atoms with van der Waals surface area (Å²) < 4.78 is 32.1. The number of benzene rings is 2. The molecule has 23 heavy (non-hydrogen) atoms. The molecule has 1 aliphatic rings. The van der Waals surface area contributed by atoms with E-state index in [9.17, 15) is 22.6 Å². The Morgan fingerprint density at radius 1 is 1.09 bits per heavy atom. The number of ketones is 2. The third-order valence-corrected chi connectivity index (χ3v) is 5.33. The summed E-state index contributed by atoms with van der Waals surface area (Å²) in [6.07, 6.45) is 0. The second-order valence-corrected chi connectivity index (χ2v) is 7.47. The van der Waals surface area contributed by atoms with Crippen molar-refractivity contribution in [3.8, 4) is 0 Å². The maximum Gasteiger partial charge on any atom is 0.296 e. The predicted molar refractivity (Wildman–Crippen MR) is 86.7 cm³/mol. The van der Waals surface area contributed by atoms with E-state index in [0.717, 1.165) is 6.07 Å². The summed E-state index contributed by atoms with van der Waals surface area (Å²) in [6.45, 7) is 0. The number of nitrogens with two attached hydrogens (primary N) is 1. The van der Waals surface area contributed by atoms with Gasteiger partial charge >= 0.3 is 0 Å². The summed E-state index contributed by atoms with van der Waals surface area (Å²) in [5.41, 5.74) is 4.97. The van der Waals surface area contributed by atoms with Crippen LogP contribution >= 0.6 is 27.5 Å². The van der Waals surface area contributed by atoms with E-state index in [1.54, 1.807) is 0 Å². The molecular formula is C14H7BrClNO5S. The number of anilines is 1. The first-order valence-corrected chi connectivity index (χ1v) is 8.73. The van der Waals surface area contributed by atoms with Gasteiger partial charge in [-0.15, -0.1) is 0 Å². The maximum atomic E-state index is 12.7. The van der Waals surface area contributed by atoms with E-state index in [1.807, 2.05) is 0 Å². The third kappa shape index (κ3) is 2.29. The fraction of sp³-hybridized carbons (Fsp3) is 0. The van der Waals surface area contributed by atoms with Crippen LogP contribution in [0.3, 0.4) is 0 Å². The van der Waals surface area contributed by atoms with Gasteiger partial charge in [-0.05, 0) is 28.1 Å². The molecule has 0 saturated heterocycles. The Balaban J connectivity index is 2.45. The molecule has 0 saturated carbocycles. The molecule has 0 unspecified atom stereocenters. The number of fused-ring (bicyclic) bond motifs is 2. The fourth-order valence-corrected chi connectivity index (χ4v) is 4.18. The molecule has 0 heterocycles. The molecule has 9 heteroatoms. The predicted octanol–water partition coefficient (Wildman–Crippen LogP) is 2.71. The highest BCUT2D eigenvalue weighted by Crippen LogP contribution is 2.40. The molecule has 0 aromatic heterocycles. The van der Waals surface area contributed by atoms with E-state index < -0.39 is 32.3 Å². The normalized spacial score (nSPS) is 13.7. The Morgan fingerprint density at radius 2 is 1.74 bits per heavy atom. The minimum atomic E-state index is -4.66. The van der Waals surface area contributed by atoms with E-state index in [4.69, 9.17) is 17.3 Å². The largest absolute Gasteiger partial charge is 0.397 e. The maximum absolute atomic E-state index is 12.7. The van der Waals surface area contributed by atoms with Crippen LogP contribution in [0.15, 0.2) is 33.6 Å². The number of hydrogen-bond acceptors (Lipinski definition) is 5. The topological polar surface area (TPSA) is 115 Å². The lowest BCUT2D eigenvalue weighted by molar-refractivity contribution is 0.0979. The third-order valence-electron chi connectivity index (χ3n) is 3.50. The number of hydrogen-bond donors (Lipinski definition) is 2. The van der Waals surface area contributed by atoms with Gasteiger partial charge < -0.3 is 5.73 Å². The molecule has 0 amide bonds.